The van der Waals surface area contributed by atoms with Crippen LogP contribution in [0.5, 0.6) is 0 Å². The molecule has 0 radical (unpaired) electrons. The van der Waals surface area contributed by atoms with Gasteiger partial charge in [-0.1, -0.05) is 6.92 Å². The van der Waals surface area contributed by atoms with E-state index in [-0.39, 0.29) is 0 Å². The molecule has 0 amide bonds. The van der Waals surface area contributed by atoms with Crippen molar-refractivity contribution in [3.05, 3.63) is 0 Å². The van der Waals surface area contributed by atoms with Crippen molar-refractivity contribution < 1.29 is 4.74 Å². The third-order valence-electron chi connectivity index (χ3n) is 2.33. The zero-order valence-corrected chi connectivity index (χ0v) is 7.68. The van der Waals surface area contributed by atoms with Gasteiger partial charge in [0.25, 0.3) is 0 Å². The summed E-state index contributed by atoms with van der Waals surface area (Å²) >= 11 is 0. The summed E-state index contributed by atoms with van der Waals surface area (Å²) in [6.07, 6.45) is 4.37. The van der Waals surface area contributed by atoms with Crippen LogP contribution < -0.4 is 0 Å². The van der Waals surface area contributed by atoms with E-state index in [1.807, 2.05) is 0 Å². The van der Waals surface area contributed by atoms with Gasteiger partial charge in [-0.25, -0.2) is 0 Å². The second-order valence-corrected chi connectivity index (χ2v) is 3.34. The third kappa shape index (κ3) is 3.21. The van der Waals surface area contributed by atoms with Gasteiger partial charge in [0.15, 0.2) is 0 Å². The van der Waals surface area contributed by atoms with Crippen LogP contribution in [0.25, 0.3) is 0 Å². The molecular formula is C9H19NO. The summed E-state index contributed by atoms with van der Waals surface area (Å²) in [4.78, 5) is 2.32. The second-order valence-electron chi connectivity index (χ2n) is 3.34. The van der Waals surface area contributed by atoms with E-state index in [1.54, 1.807) is 0 Å². The molecule has 0 bridgehead atoms. The van der Waals surface area contributed by atoms with E-state index in [0.717, 1.165) is 19.7 Å². The average molecular weight is 157 g/mol. The molecule has 66 valence electrons. The van der Waals surface area contributed by atoms with E-state index in [0.29, 0.717) is 6.10 Å². The molecule has 0 aromatic heterocycles. The van der Waals surface area contributed by atoms with Crippen molar-refractivity contribution in [2.75, 3.05) is 26.7 Å². The fraction of sp³-hybridized carbons (Fsp3) is 1.00. The number of hydrogen-bond acceptors (Lipinski definition) is 2. The van der Waals surface area contributed by atoms with Crippen LogP contribution in [0.3, 0.4) is 0 Å². The van der Waals surface area contributed by atoms with Crippen molar-refractivity contribution >= 4 is 0 Å². The summed E-state index contributed by atoms with van der Waals surface area (Å²) in [6.45, 7) is 5.39. The van der Waals surface area contributed by atoms with Crippen LogP contribution in [0.4, 0.5) is 0 Å². The van der Waals surface area contributed by atoms with Gasteiger partial charge >= 0.3 is 0 Å². The Labute approximate surface area is 69.5 Å². The smallest absolute Gasteiger partial charge is 0.0701 e. The van der Waals surface area contributed by atoms with Crippen LogP contribution in [0.2, 0.25) is 0 Å². The Balaban J connectivity index is 2.13. The maximum atomic E-state index is 5.61. The molecule has 0 aliphatic carbocycles. The van der Waals surface area contributed by atoms with E-state index in [4.69, 9.17) is 4.74 Å². The van der Waals surface area contributed by atoms with Crippen LogP contribution in [0.15, 0.2) is 0 Å². The molecule has 1 fully saturated rings. The highest BCUT2D eigenvalue weighted by Gasteiger charge is 2.14. The number of hydrogen-bond donors (Lipinski definition) is 0. The molecule has 1 aliphatic heterocycles. The van der Waals surface area contributed by atoms with Crippen molar-refractivity contribution in [3.63, 3.8) is 0 Å². The zero-order valence-electron chi connectivity index (χ0n) is 7.68. The van der Waals surface area contributed by atoms with Gasteiger partial charge in [0.05, 0.1) is 6.10 Å². The van der Waals surface area contributed by atoms with E-state index in [9.17, 15) is 0 Å². The molecule has 0 N–H and O–H groups in total. The molecule has 0 spiro atoms. The fourth-order valence-electron chi connectivity index (χ4n) is 1.43. The van der Waals surface area contributed by atoms with Gasteiger partial charge in [0.2, 0.25) is 0 Å². The summed E-state index contributed by atoms with van der Waals surface area (Å²) < 4.78 is 5.61. The molecule has 1 atom stereocenters. The molecule has 0 aromatic rings. The lowest BCUT2D eigenvalue weighted by atomic mass is 10.1. The standard InChI is InChI=1S/C9H19NO/c1-3-10(2)8-9-6-4-5-7-11-9/h9H,3-8H2,1-2H3. The minimum Gasteiger partial charge on any atom is -0.377 e. The predicted octanol–water partition coefficient (Wildman–Crippen LogP) is 1.51. The Bertz CT molecular complexity index is 99.7. The molecule has 0 saturated carbocycles. The average Bonchev–Trinajstić information content (AvgIpc) is 2.06. The Kier molecular flexibility index (Phi) is 3.87. The number of nitrogens with zero attached hydrogens (tertiary/aromatic N) is 1. The third-order valence-corrected chi connectivity index (χ3v) is 2.33. The lowest BCUT2D eigenvalue weighted by Crippen LogP contribution is -2.33. The quantitative estimate of drug-likeness (QED) is 0.615. The van der Waals surface area contributed by atoms with Gasteiger partial charge in [-0.05, 0) is 32.9 Å². The van der Waals surface area contributed by atoms with Crippen LogP contribution in [-0.4, -0.2) is 37.7 Å². The van der Waals surface area contributed by atoms with E-state index >= 15 is 0 Å². The molecule has 1 aliphatic rings. The summed E-state index contributed by atoms with van der Waals surface area (Å²) in [5, 5.41) is 0. The van der Waals surface area contributed by atoms with Crippen molar-refractivity contribution in [1.82, 2.24) is 4.90 Å². The molecule has 1 heterocycles. The van der Waals surface area contributed by atoms with Gasteiger partial charge in [0, 0.05) is 13.2 Å². The topological polar surface area (TPSA) is 12.5 Å². The Hall–Kier alpha value is -0.0800. The van der Waals surface area contributed by atoms with Crippen molar-refractivity contribution in [2.45, 2.75) is 32.3 Å². The molecule has 1 unspecified atom stereocenters. The van der Waals surface area contributed by atoms with Crippen molar-refractivity contribution in [1.29, 1.82) is 0 Å². The Morgan fingerprint density at radius 1 is 1.45 bits per heavy atom. The SMILES string of the molecule is CCN(C)CC1CCCCO1. The molecule has 0 aromatic carbocycles. The molecule has 2 nitrogen and oxygen atoms in total. The zero-order chi connectivity index (χ0) is 8.10. The largest absolute Gasteiger partial charge is 0.377 e. The first-order valence-electron chi connectivity index (χ1n) is 4.63. The summed E-state index contributed by atoms with van der Waals surface area (Å²) in [5.41, 5.74) is 0. The van der Waals surface area contributed by atoms with E-state index in [1.165, 1.54) is 19.3 Å². The number of likely N-dealkylation sites (N-methyl/N-ethyl adjacent to an activating group) is 1. The first-order valence-corrected chi connectivity index (χ1v) is 4.63. The lowest BCUT2D eigenvalue weighted by Gasteiger charge is -2.26. The normalized spacial score (nSPS) is 25.9. The number of rotatable bonds is 3. The summed E-state index contributed by atoms with van der Waals surface area (Å²) in [7, 11) is 2.15. The van der Waals surface area contributed by atoms with Gasteiger partial charge in [-0.2, -0.15) is 0 Å². The molecule has 11 heavy (non-hydrogen) atoms. The van der Waals surface area contributed by atoms with E-state index in [2.05, 4.69) is 18.9 Å². The van der Waals surface area contributed by atoms with E-state index < -0.39 is 0 Å². The lowest BCUT2D eigenvalue weighted by molar-refractivity contribution is -0.000666. The molecule has 1 rings (SSSR count). The second kappa shape index (κ2) is 4.73. The van der Waals surface area contributed by atoms with Crippen LogP contribution in [0.1, 0.15) is 26.2 Å². The monoisotopic (exact) mass is 157 g/mol. The Morgan fingerprint density at radius 3 is 2.82 bits per heavy atom. The molecule has 2 heteroatoms. The minimum absolute atomic E-state index is 0.508. The number of ether oxygens (including phenoxy) is 1. The Morgan fingerprint density at radius 2 is 2.27 bits per heavy atom. The maximum Gasteiger partial charge on any atom is 0.0701 e. The van der Waals surface area contributed by atoms with Crippen LogP contribution in [0, 0.1) is 0 Å². The van der Waals surface area contributed by atoms with Crippen LogP contribution >= 0.6 is 0 Å². The predicted molar refractivity (Wildman–Crippen MR) is 46.8 cm³/mol. The first-order chi connectivity index (χ1) is 5.33. The van der Waals surface area contributed by atoms with Gasteiger partial charge in [-0.3, -0.25) is 0 Å². The fourth-order valence-corrected chi connectivity index (χ4v) is 1.43. The van der Waals surface area contributed by atoms with Crippen molar-refractivity contribution in [3.8, 4) is 0 Å². The summed E-state index contributed by atoms with van der Waals surface area (Å²) in [5.74, 6) is 0. The maximum absolute atomic E-state index is 5.61. The molecule has 1 saturated heterocycles. The highest BCUT2D eigenvalue weighted by molar-refractivity contribution is 4.66. The first kappa shape index (κ1) is 9.01. The highest BCUT2D eigenvalue weighted by atomic mass is 16.5. The minimum atomic E-state index is 0.508. The van der Waals surface area contributed by atoms with Gasteiger partial charge in [0.1, 0.15) is 0 Å². The summed E-state index contributed by atoms with van der Waals surface area (Å²) in [6, 6.07) is 0. The molecular weight excluding hydrogens is 138 g/mol. The highest BCUT2D eigenvalue weighted by Crippen LogP contribution is 2.12. The van der Waals surface area contributed by atoms with Gasteiger partial charge < -0.3 is 9.64 Å². The van der Waals surface area contributed by atoms with Crippen LogP contribution in [-0.2, 0) is 4.74 Å². The van der Waals surface area contributed by atoms with Crippen molar-refractivity contribution in [2.24, 2.45) is 0 Å². The van der Waals surface area contributed by atoms with Gasteiger partial charge in [-0.15, -0.1) is 0 Å².